The van der Waals surface area contributed by atoms with Crippen LogP contribution >= 0.6 is 11.3 Å². The van der Waals surface area contributed by atoms with Gasteiger partial charge in [0.1, 0.15) is 11.4 Å². The number of carbonyl (C=O) groups is 1. The van der Waals surface area contributed by atoms with Crippen LogP contribution in [0.5, 0.6) is 0 Å². The minimum Gasteiger partial charge on any atom is -0.444 e. The second-order valence-corrected chi connectivity index (χ2v) is 6.05. The van der Waals surface area contributed by atoms with Crippen LogP contribution in [0.4, 0.5) is 4.79 Å². The highest BCUT2D eigenvalue weighted by Gasteiger charge is 2.21. The van der Waals surface area contributed by atoms with Crippen molar-refractivity contribution in [2.45, 2.75) is 32.4 Å². The summed E-state index contributed by atoms with van der Waals surface area (Å²) in [6.45, 7) is 4.95. The molecule has 0 saturated heterocycles. The highest BCUT2D eigenvalue weighted by Crippen LogP contribution is 2.22. The molecule has 0 aliphatic carbocycles. The van der Waals surface area contributed by atoms with Gasteiger partial charge in [0.05, 0.1) is 12.6 Å². The standard InChI is InChI=1S/C12H19N3O4S/c1-12(2,3)19-11(17)14-8(5-16)9-4-7(6-20-9)10(13)15-18/h4,6,8,16,18H,5H2,1-3H3,(H2,13,15)(H,14,17). The van der Waals surface area contributed by atoms with Crippen LogP contribution in [0.2, 0.25) is 0 Å². The second-order valence-electron chi connectivity index (χ2n) is 5.11. The summed E-state index contributed by atoms with van der Waals surface area (Å²) in [6, 6.07) is 0.990. The molecule has 1 rings (SSSR count). The first-order valence-corrected chi connectivity index (χ1v) is 6.82. The number of hydroxylamine groups is 1. The first-order valence-electron chi connectivity index (χ1n) is 5.94. The molecule has 0 bridgehead atoms. The van der Waals surface area contributed by atoms with Gasteiger partial charge in [-0.1, -0.05) is 0 Å². The zero-order chi connectivity index (χ0) is 15.3. The first-order chi connectivity index (χ1) is 9.26. The Morgan fingerprint density at radius 1 is 1.55 bits per heavy atom. The summed E-state index contributed by atoms with van der Waals surface area (Å²) in [5, 5.41) is 29.6. The largest absolute Gasteiger partial charge is 0.444 e. The number of hydrogen-bond acceptors (Lipinski definition) is 6. The van der Waals surface area contributed by atoms with Gasteiger partial charge in [0, 0.05) is 15.8 Å². The predicted octanol–water partition coefficient (Wildman–Crippen LogP) is 1.61. The Bertz CT molecular complexity index is 481. The summed E-state index contributed by atoms with van der Waals surface area (Å²) in [4.78, 5) is 12.3. The number of hydrogen-bond donors (Lipinski definition) is 5. The number of thiophene rings is 1. The molecular formula is C12H19N3O4S. The van der Waals surface area contributed by atoms with Crippen molar-refractivity contribution in [2.24, 2.45) is 0 Å². The summed E-state index contributed by atoms with van der Waals surface area (Å²) >= 11 is 1.26. The lowest BCUT2D eigenvalue weighted by Crippen LogP contribution is -2.36. The molecular weight excluding hydrogens is 282 g/mol. The Kier molecular flexibility index (Phi) is 5.49. The van der Waals surface area contributed by atoms with Gasteiger partial charge in [-0.2, -0.15) is 0 Å². The van der Waals surface area contributed by atoms with Crippen LogP contribution in [0, 0.1) is 5.41 Å². The van der Waals surface area contributed by atoms with Gasteiger partial charge in [-0.15, -0.1) is 11.3 Å². The summed E-state index contributed by atoms with van der Waals surface area (Å²) in [5.41, 5.74) is 1.59. The Balaban J connectivity index is 2.74. The molecule has 5 N–H and O–H groups in total. The van der Waals surface area contributed by atoms with E-state index in [1.165, 1.54) is 11.3 Å². The van der Waals surface area contributed by atoms with E-state index in [2.05, 4.69) is 5.32 Å². The summed E-state index contributed by atoms with van der Waals surface area (Å²) in [5.74, 6) is -0.151. The fraction of sp³-hybridized carbons (Fsp3) is 0.500. The second kappa shape index (κ2) is 6.69. The van der Waals surface area contributed by atoms with Crippen LogP contribution in [0.3, 0.4) is 0 Å². The molecule has 0 radical (unpaired) electrons. The van der Waals surface area contributed by atoms with Crippen molar-refractivity contribution in [1.82, 2.24) is 10.8 Å². The first kappa shape index (κ1) is 16.4. The van der Waals surface area contributed by atoms with Gasteiger partial charge in [-0.05, 0) is 26.8 Å². The third kappa shape index (κ3) is 4.80. The molecule has 0 spiro atoms. The smallest absolute Gasteiger partial charge is 0.408 e. The lowest BCUT2D eigenvalue weighted by atomic mass is 10.2. The van der Waals surface area contributed by atoms with Gasteiger partial charge in [0.2, 0.25) is 0 Å². The van der Waals surface area contributed by atoms with Gasteiger partial charge < -0.3 is 15.2 Å². The van der Waals surface area contributed by atoms with Crippen molar-refractivity contribution in [3.8, 4) is 0 Å². The molecule has 1 amide bonds. The van der Waals surface area contributed by atoms with Crippen molar-refractivity contribution in [3.63, 3.8) is 0 Å². The lowest BCUT2D eigenvalue weighted by Gasteiger charge is -2.22. The van der Waals surface area contributed by atoms with Crippen LogP contribution < -0.4 is 10.8 Å². The Hall–Kier alpha value is -1.64. The molecule has 0 saturated carbocycles. The van der Waals surface area contributed by atoms with Gasteiger partial charge in [-0.25, -0.2) is 4.79 Å². The summed E-state index contributed by atoms with van der Waals surface area (Å²) in [7, 11) is 0. The molecule has 0 fully saturated rings. The minimum absolute atomic E-state index is 0.151. The average molecular weight is 301 g/mol. The molecule has 0 aromatic carbocycles. The van der Waals surface area contributed by atoms with E-state index in [-0.39, 0.29) is 12.4 Å². The normalized spacial score (nSPS) is 12.7. The Morgan fingerprint density at radius 3 is 2.70 bits per heavy atom. The number of amides is 1. The van der Waals surface area contributed by atoms with Crippen LogP contribution in [0.15, 0.2) is 11.4 Å². The lowest BCUT2D eigenvalue weighted by molar-refractivity contribution is 0.0483. The number of aliphatic hydroxyl groups excluding tert-OH is 1. The van der Waals surface area contributed by atoms with Gasteiger partial charge in [-0.3, -0.25) is 16.1 Å². The number of aliphatic hydroxyl groups is 1. The molecule has 112 valence electrons. The van der Waals surface area contributed by atoms with E-state index in [9.17, 15) is 9.90 Å². The molecule has 7 nitrogen and oxygen atoms in total. The van der Waals surface area contributed by atoms with E-state index in [1.807, 2.05) is 0 Å². The number of nitrogens with one attached hydrogen (secondary N) is 3. The molecule has 1 heterocycles. The average Bonchev–Trinajstić information content (AvgIpc) is 2.82. The fourth-order valence-electron chi connectivity index (χ4n) is 1.39. The van der Waals surface area contributed by atoms with E-state index in [1.54, 1.807) is 37.7 Å². The van der Waals surface area contributed by atoms with E-state index in [0.29, 0.717) is 10.4 Å². The monoisotopic (exact) mass is 301 g/mol. The zero-order valence-electron chi connectivity index (χ0n) is 11.6. The SMILES string of the molecule is CC(C)(C)OC(=O)NC(CO)c1cc(C(=N)NO)cs1. The van der Waals surface area contributed by atoms with Crippen LogP contribution in [0.25, 0.3) is 0 Å². The van der Waals surface area contributed by atoms with E-state index >= 15 is 0 Å². The number of alkyl carbamates (subject to hydrolysis) is 1. The van der Waals surface area contributed by atoms with E-state index in [0.717, 1.165) is 0 Å². The van der Waals surface area contributed by atoms with Crippen molar-refractivity contribution < 1.29 is 19.8 Å². The van der Waals surface area contributed by atoms with E-state index < -0.39 is 17.7 Å². The van der Waals surface area contributed by atoms with Crippen LogP contribution in [0.1, 0.15) is 37.3 Å². The van der Waals surface area contributed by atoms with E-state index in [4.69, 9.17) is 15.4 Å². The summed E-state index contributed by atoms with van der Waals surface area (Å²) in [6.07, 6.45) is -0.623. The van der Waals surface area contributed by atoms with Crippen molar-refractivity contribution in [3.05, 3.63) is 21.9 Å². The fourth-order valence-corrected chi connectivity index (χ4v) is 2.33. The maximum Gasteiger partial charge on any atom is 0.408 e. The van der Waals surface area contributed by atoms with Crippen LogP contribution in [-0.2, 0) is 4.74 Å². The van der Waals surface area contributed by atoms with Gasteiger partial charge in [0.25, 0.3) is 0 Å². The minimum atomic E-state index is -0.623. The third-order valence-corrected chi connectivity index (χ3v) is 3.28. The topological polar surface area (TPSA) is 115 Å². The molecule has 0 aliphatic heterocycles. The highest BCUT2D eigenvalue weighted by atomic mass is 32.1. The molecule has 20 heavy (non-hydrogen) atoms. The number of rotatable bonds is 4. The number of ether oxygens (including phenoxy) is 1. The molecule has 1 atom stereocenters. The molecule has 1 aromatic rings. The number of amidine groups is 1. The highest BCUT2D eigenvalue weighted by molar-refractivity contribution is 7.10. The number of carbonyl (C=O) groups excluding carboxylic acids is 1. The van der Waals surface area contributed by atoms with Crippen molar-refractivity contribution in [1.29, 1.82) is 5.41 Å². The maximum absolute atomic E-state index is 11.7. The zero-order valence-corrected chi connectivity index (χ0v) is 12.4. The molecule has 1 unspecified atom stereocenters. The quantitative estimate of drug-likeness (QED) is 0.329. The van der Waals surface area contributed by atoms with Crippen molar-refractivity contribution >= 4 is 23.3 Å². The van der Waals surface area contributed by atoms with Gasteiger partial charge in [0.15, 0.2) is 0 Å². The van der Waals surface area contributed by atoms with Gasteiger partial charge >= 0.3 is 6.09 Å². The maximum atomic E-state index is 11.7. The molecule has 0 aliphatic rings. The third-order valence-electron chi connectivity index (χ3n) is 2.24. The molecule has 1 aromatic heterocycles. The molecule has 8 heteroatoms. The van der Waals surface area contributed by atoms with Crippen LogP contribution in [-0.4, -0.2) is 34.5 Å². The predicted molar refractivity (Wildman–Crippen MR) is 75.3 cm³/mol. The Labute approximate surface area is 121 Å². The summed E-state index contributed by atoms with van der Waals surface area (Å²) < 4.78 is 5.12. The van der Waals surface area contributed by atoms with Crippen molar-refractivity contribution in [2.75, 3.05) is 6.61 Å². The Morgan fingerprint density at radius 2 is 2.20 bits per heavy atom.